The molecule has 7 nitrogen and oxygen atoms in total. The van der Waals surface area contributed by atoms with Gasteiger partial charge in [-0.1, -0.05) is 11.6 Å². The highest BCUT2D eigenvalue weighted by Crippen LogP contribution is 2.23. The molecule has 2 aromatic heterocycles. The molecule has 2 aromatic rings. The van der Waals surface area contributed by atoms with Crippen LogP contribution in [0.2, 0.25) is 5.02 Å². The minimum absolute atomic E-state index is 0.0162. The van der Waals surface area contributed by atoms with E-state index in [0.29, 0.717) is 11.7 Å². The number of rotatable bonds is 3. The van der Waals surface area contributed by atoms with E-state index < -0.39 is 4.92 Å². The Morgan fingerprint density at radius 3 is 2.94 bits per heavy atom. The molecule has 84 valence electrons. The van der Waals surface area contributed by atoms with Crippen molar-refractivity contribution in [3.8, 4) is 0 Å². The molecule has 0 aliphatic rings. The minimum atomic E-state index is -0.625. The van der Waals surface area contributed by atoms with Crippen LogP contribution in [0.4, 0.5) is 10.9 Å². The van der Waals surface area contributed by atoms with Gasteiger partial charge in [-0.15, -0.1) is 11.3 Å². The van der Waals surface area contributed by atoms with Gasteiger partial charge in [-0.3, -0.25) is 0 Å². The maximum Gasteiger partial charge on any atom is 0.408 e. The standard InChI is InChI=1S/C7H6ClN5O2S/c8-5-3-12(11-6(5)13(14)15)2-4-1-10-7(9)16-4/h1,3H,2H2,(H2,9,10). The Balaban J connectivity index is 2.22. The number of anilines is 1. The number of aromatic nitrogens is 3. The van der Waals surface area contributed by atoms with Gasteiger partial charge >= 0.3 is 5.82 Å². The lowest BCUT2D eigenvalue weighted by Crippen LogP contribution is -1.99. The van der Waals surface area contributed by atoms with Crippen LogP contribution in [0.15, 0.2) is 12.4 Å². The van der Waals surface area contributed by atoms with Crippen LogP contribution in [0.5, 0.6) is 0 Å². The van der Waals surface area contributed by atoms with E-state index in [0.717, 1.165) is 4.88 Å². The molecule has 0 bridgehead atoms. The highest BCUT2D eigenvalue weighted by Gasteiger charge is 2.19. The molecule has 2 N–H and O–H groups in total. The molecule has 0 spiro atoms. The van der Waals surface area contributed by atoms with Crippen molar-refractivity contribution in [2.75, 3.05) is 5.73 Å². The smallest absolute Gasteiger partial charge is 0.375 e. The van der Waals surface area contributed by atoms with Crippen LogP contribution in [0.3, 0.4) is 0 Å². The van der Waals surface area contributed by atoms with Crippen molar-refractivity contribution in [2.24, 2.45) is 0 Å². The van der Waals surface area contributed by atoms with Crippen molar-refractivity contribution >= 4 is 33.9 Å². The van der Waals surface area contributed by atoms with Crippen molar-refractivity contribution in [3.63, 3.8) is 0 Å². The summed E-state index contributed by atoms with van der Waals surface area (Å²) in [5.74, 6) is -0.348. The van der Waals surface area contributed by atoms with E-state index in [-0.39, 0.29) is 10.8 Å². The molecular weight excluding hydrogens is 254 g/mol. The average Bonchev–Trinajstić information content (AvgIpc) is 2.73. The molecule has 0 aromatic carbocycles. The first-order chi connectivity index (χ1) is 7.56. The highest BCUT2D eigenvalue weighted by atomic mass is 35.5. The summed E-state index contributed by atoms with van der Waals surface area (Å²) in [6.45, 7) is 0.364. The summed E-state index contributed by atoms with van der Waals surface area (Å²) < 4.78 is 1.38. The maximum absolute atomic E-state index is 10.5. The number of thiazole rings is 1. The maximum atomic E-state index is 10.5. The lowest BCUT2D eigenvalue weighted by Gasteiger charge is -1.90. The molecule has 0 aliphatic carbocycles. The first-order valence-corrected chi connectivity index (χ1v) is 5.33. The number of nitrogens with two attached hydrogens (primary N) is 1. The lowest BCUT2D eigenvalue weighted by molar-refractivity contribution is -0.389. The fourth-order valence-electron chi connectivity index (χ4n) is 1.15. The van der Waals surface area contributed by atoms with Crippen LogP contribution in [0.25, 0.3) is 0 Å². The van der Waals surface area contributed by atoms with E-state index in [1.165, 1.54) is 22.2 Å². The molecule has 0 unspecified atom stereocenters. The van der Waals surface area contributed by atoms with Crippen molar-refractivity contribution in [3.05, 3.63) is 32.4 Å². The molecule has 0 atom stereocenters. The van der Waals surface area contributed by atoms with E-state index in [9.17, 15) is 10.1 Å². The molecule has 2 rings (SSSR count). The predicted octanol–water partition coefficient (Wildman–Crippen LogP) is 1.53. The molecule has 0 amide bonds. The summed E-state index contributed by atoms with van der Waals surface area (Å²) in [6.07, 6.45) is 3.00. The second-order valence-corrected chi connectivity index (χ2v) is 4.47. The summed E-state index contributed by atoms with van der Waals surface area (Å²) in [5.41, 5.74) is 5.46. The summed E-state index contributed by atoms with van der Waals surface area (Å²) >= 11 is 6.95. The Kier molecular flexibility index (Phi) is 2.75. The zero-order chi connectivity index (χ0) is 11.7. The number of nitrogens with zero attached hydrogens (tertiary/aromatic N) is 4. The van der Waals surface area contributed by atoms with Gasteiger partial charge in [-0.25, -0.2) is 4.98 Å². The Hall–Kier alpha value is -1.67. The number of nitro groups is 1. The number of hydrogen-bond donors (Lipinski definition) is 1. The Bertz CT molecular complexity index is 537. The van der Waals surface area contributed by atoms with Crippen LogP contribution < -0.4 is 5.73 Å². The molecular formula is C7H6ClN5O2S. The fourth-order valence-corrected chi connectivity index (χ4v) is 2.04. The summed E-state index contributed by atoms with van der Waals surface area (Å²) in [6, 6.07) is 0. The Morgan fingerprint density at radius 2 is 2.44 bits per heavy atom. The van der Waals surface area contributed by atoms with Crippen LogP contribution >= 0.6 is 22.9 Å². The van der Waals surface area contributed by atoms with Gasteiger partial charge in [-0.05, 0) is 4.92 Å². The molecule has 0 radical (unpaired) electrons. The van der Waals surface area contributed by atoms with E-state index in [4.69, 9.17) is 17.3 Å². The molecule has 16 heavy (non-hydrogen) atoms. The van der Waals surface area contributed by atoms with Crippen LogP contribution in [0, 0.1) is 10.1 Å². The minimum Gasteiger partial charge on any atom is -0.375 e. The summed E-state index contributed by atoms with van der Waals surface area (Å²) in [4.78, 5) is 14.6. The van der Waals surface area contributed by atoms with Crippen LogP contribution in [-0.2, 0) is 6.54 Å². The van der Waals surface area contributed by atoms with Gasteiger partial charge in [-0.2, -0.15) is 4.68 Å². The second-order valence-electron chi connectivity index (χ2n) is 2.92. The second kappa shape index (κ2) is 4.06. The molecule has 0 saturated heterocycles. The molecule has 0 aliphatic heterocycles. The van der Waals surface area contributed by atoms with E-state index in [2.05, 4.69) is 10.1 Å². The van der Waals surface area contributed by atoms with Gasteiger partial charge in [0.1, 0.15) is 0 Å². The quantitative estimate of drug-likeness (QED) is 0.665. The fraction of sp³-hybridized carbons (Fsp3) is 0.143. The van der Waals surface area contributed by atoms with E-state index in [1.807, 2.05) is 0 Å². The van der Waals surface area contributed by atoms with Gasteiger partial charge in [0.25, 0.3) is 0 Å². The van der Waals surface area contributed by atoms with Crippen molar-refractivity contribution in [1.29, 1.82) is 0 Å². The third kappa shape index (κ3) is 2.12. The van der Waals surface area contributed by atoms with Gasteiger partial charge in [0.05, 0.1) is 22.7 Å². The normalized spacial score (nSPS) is 10.6. The first-order valence-electron chi connectivity index (χ1n) is 4.14. The molecule has 9 heteroatoms. The van der Waals surface area contributed by atoms with Gasteiger partial charge in [0.2, 0.25) is 0 Å². The number of nitrogen functional groups attached to an aromatic ring is 1. The topological polar surface area (TPSA) is 99.9 Å². The third-order valence-corrected chi connectivity index (χ3v) is 2.84. The monoisotopic (exact) mass is 259 g/mol. The summed E-state index contributed by atoms with van der Waals surface area (Å²) in [5, 5.41) is 14.7. The largest absolute Gasteiger partial charge is 0.408 e. The summed E-state index contributed by atoms with van der Waals surface area (Å²) in [7, 11) is 0. The van der Waals surface area contributed by atoms with Crippen LogP contribution in [-0.4, -0.2) is 19.7 Å². The zero-order valence-electron chi connectivity index (χ0n) is 7.83. The average molecular weight is 260 g/mol. The van der Waals surface area contributed by atoms with Crippen LogP contribution in [0.1, 0.15) is 4.88 Å². The third-order valence-electron chi connectivity index (χ3n) is 1.76. The number of halogens is 1. The molecule has 0 saturated carbocycles. The Morgan fingerprint density at radius 1 is 1.69 bits per heavy atom. The van der Waals surface area contributed by atoms with Crippen molar-refractivity contribution in [2.45, 2.75) is 6.54 Å². The highest BCUT2D eigenvalue weighted by molar-refractivity contribution is 7.15. The van der Waals surface area contributed by atoms with Crippen molar-refractivity contribution in [1.82, 2.24) is 14.8 Å². The van der Waals surface area contributed by atoms with E-state index >= 15 is 0 Å². The van der Waals surface area contributed by atoms with Gasteiger partial charge < -0.3 is 15.8 Å². The number of hydrogen-bond acceptors (Lipinski definition) is 6. The molecule has 0 fully saturated rings. The van der Waals surface area contributed by atoms with Crippen molar-refractivity contribution < 1.29 is 4.92 Å². The van der Waals surface area contributed by atoms with E-state index in [1.54, 1.807) is 6.20 Å². The zero-order valence-corrected chi connectivity index (χ0v) is 9.40. The SMILES string of the molecule is Nc1ncc(Cn2cc(Cl)c([N+](=O)[O-])n2)s1. The molecule has 2 heterocycles. The van der Waals surface area contributed by atoms with Gasteiger partial charge in [0, 0.05) is 6.20 Å². The lowest BCUT2D eigenvalue weighted by atomic mass is 10.5. The Labute approximate surface area is 98.6 Å². The predicted molar refractivity (Wildman–Crippen MR) is 59.5 cm³/mol. The first kappa shape index (κ1) is 10.8. The van der Waals surface area contributed by atoms with Gasteiger partial charge in [0.15, 0.2) is 10.2 Å².